The van der Waals surface area contributed by atoms with Gasteiger partial charge in [0.05, 0.1) is 29.9 Å². The summed E-state index contributed by atoms with van der Waals surface area (Å²) >= 11 is 0. The number of primary amides is 1. The van der Waals surface area contributed by atoms with E-state index in [2.05, 4.69) is 39.0 Å². The number of aromatic nitrogens is 4. The van der Waals surface area contributed by atoms with Crippen LogP contribution in [0.25, 0.3) is 10.9 Å². The van der Waals surface area contributed by atoms with E-state index in [1.54, 1.807) is 29.6 Å². The first-order chi connectivity index (χ1) is 17.3. The first kappa shape index (κ1) is 25.0. The van der Waals surface area contributed by atoms with Crippen molar-refractivity contribution in [2.75, 3.05) is 32.2 Å². The molecule has 2 amide bonds. The average molecular weight is 507 g/mol. The molecule has 0 saturated carbocycles. The molecule has 3 heterocycles. The highest BCUT2D eigenvalue weighted by Crippen LogP contribution is 2.26. The van der Waals surface area contributed by atoms with Crippen molar-refractivity contribution in [1.82, 2.24) is 24.5 Å². The standard InChI is InChI=1S/C24H25FN7O3Si/c1-5-21(33)31-13-36(12-16(31)11-35-4)32-24(27-3)22(23(26)34)19(30-32)7-6-15-8-20-17(9-18(15)25)14(2)10-28-29-20/h5,8-10,16,27H,1,11-13H2,2-4H3,(H2,26,34)/t16-/m0/s1. The number of carbonyl (C=O) groups excluding carboxylic acids is 2. The highest BCUT2D eigenvalue weighted by molar-refractivity contribution is 6.59. The quantitative estimate of drug-likeness (QED) is 0.292. The molecule has 1 fully saturated rings. The number of aryl methyl sites for hydroxylation is 1. The van der Waals surface area contributed by atoms with E-state index in [-0.39, 0.29) is 28.8 Å². The maximum atomic E-state index is 14.8. The predicted octanol–water partition coefficient (Wildman–Crippen LogP) is 1.24. The minimum absolute atomic E-state index is 0.0936. The number of carbonyl (C=O) groups is 2. The summed E-state index contributed by atoms with van der Waals surface area (Å²) in [6.45, 7) is 5.77. The number of nitrogens with two attached hydrogens (primary N) is 1. The number of methoxy groups -OCH3 is 1. The zero-order valence-corrected chi connectivity index (χ0v) is 21.1. The van der Waals surface area contributed by atoms with Crippen molar-refractivity contribution in [2.24, 2.45) is 5.73 Å². The SMILES string of the molecule is C=CC(=O)N1C[Si](n2nc(C#Cc3cc4nncc(C)c4cc3F)c(C(N)=O)c2NC)C[C@@H]1COC. The molecule has 3 aromatic rings. The van der Waals surface area contributed by atoms with Crippen LogP contribution >= 0.6 is 0 Å². The van der Waals surface area contributed by atoms with E-state index in [4.69, 9.17) is 10.5 Å². The number of anilines is 1. The van der Waals surface area contributed by atoms with Gasteiger partial charge in [0.2, 0.25) is 14.9 Å². The Kier molecular flexibility index (Phi) is 7.14. The lowest BCUT2D eigenvalue weighted by Crippen LogP contribution is -2.38. The normalized spacial score (nSPS) is 15.6. The molecule has 4 rings (SSSR count). The fraction of sp³-hybridized carbons (Fsp3) is 0.292. The highest BCUT2D eigenvalue weighted by atomic mass is 28.3. The van der Waals surface area contributed by atoms with Crippen molar-refractivity contribution < 1.29 is 18.7 Å². The van der Waals surface area contributed by atoms with Gasteiger partial charge < -0.3 is 20.7 Å². The fourth-order valence-corrected chi connectivity index (χ4v) is 7.18. The summed E-state index contributed by atoms with van der Waals surface area (Å²) in [6, 6.07) is 3.36. The van der Waals surface area contributed by atoms with E-state index in [1.165, 1.54) is 18.2 Å². The second kappa shape index (κ2) is 10.3. The third kappa shape index (κ3) is 4.58. The molecule has 0 unspecified atom stereocenters. The number of fused-ring (bicyclic) bond motifs is 1. The molecule has 36 heavy (non-hydrogen) atoms. The van der Waals surface area contributed by atoms with Crippen LogP contribution in [0, 0.1) is 24.6 Å². The second-order valence-corrected chi connectivity index (χ2v) is 10.6. The number of nitrogens with one attached hydrogen (secondary N) is 1. The number of rotatable bonds is 6. The topological polar surface area (TPSA) is 128 Å². The van der Waals surface area contributed by atoms with Crippen molar-refractivity contribution in [3.8, 4) is 11.8 Å². The lowest BCUT2D eigenvalue weighted by molar-refractivity contribution is -0.127. The van der Waals surface area contributed by atoms with Crippen molar-refractivity contribution in [2.45, 2.75) is 19.0 Å². The van der Waals surface area contributed by atoms with Crippen LogP contribution in [0.4, 0.5) is 10.2 Å². The molecule has 12 heteroatoms. The molecule has 0 aliphatic carbocycles. The van der Waals surface area contributed by atoms with Gasteiger partial charge in [0, 0.05) is 25.7 Å². The van der Waals surface area contributed by atoms with Gasteiger partial charge in [-0.1, -0.05) is 12.5 Å². The van der Waals surface area contributed by atoms with Crippen LogP contribution in [-0.4, -0.2) is 78.3 Å². The maximum Gasteiger partial charge on any atom is 0.255 e. The van der Waals surface area contributed by atoms with Gasteiger partial charge >= 0.3 is 0 Å². The molecule has 1 radical (unpaired) electrons. The molecule has 1 saturated heterocycles. The first-order valence-corrected chi connectivity index (χ1v) is 13.0. The summed E-state index contributed by atoms with van der Waals surface area (Å²) in [7, 11) is 1.72. The van der Waals surface area contributed by atoms with E-state index >= 15 is 0 Å². The Balaban J connectivity index is 1.76. The number of benzene rings is 1. The zero-order valence-electron chi connectivity index (χ0n) is 20.1. The molecular formula is C24H25FN7O3Si. The third-order valence-electron chi connectivity index (χ3n) is 5.99. The molecule has 3 N–H and O–H groups in total. The van der Waals surface area contributed by atoms with Crippen LogP contribution in [0.5, 0.6) is 0 Å². The smallest absolute Gasteiger partial charge is 0.255 e. The largest absolute Gasteiger partial charge is 0.383 e. The minimum atomic E-state index is -1.51. The summed E-state index contributed by atoms with van der Waals surface area (Å²) < 4.78 is 21.8. The van der Waals surface area contributed by atoms with Crippen LogP contribution in [0.3, 0.4) is 0 Å². The molecule has 0 bridgehead atoms. The summed E-state index contributed by atoms with van der Waals surface area (Å²) in [6.07, 6.45) is 3.26. The lowest BCUT2D eigenvalue weighted by atomic mass is 10.1. The van der Waals surface area contributed by atoms with Crippen molar-refractivity contribution in [3.63, 3.8) is 0 Å². The van der Waals surface area contributed by atoms with E-state index in [9.17, 15) is 14.0 Å². The molecule has 1 atom stereocenters. The molecule has 185 valence electrons. The number of nitrogens with zero attached hydrogens (tertiary/aromatic N) is 5. The van der Waals surface area contributed by atoms with Gasteiger partial charge in [-0.25, -0.2) is 4.39 Å². The minimum Gasteiger partial charge on any atom is -0.383 e. The van der Waals surface area contributed by atoms with Gasteiger partial charge in [-0.2, -0.15) is 15.3 Å². The Labute approximate surface area is 209 Å². The Bertz CT molecular complexity index is 1430. The van der Waals surface area contributed by atoms with Gasteiger partial charge in [-0.05, 0) is 42.7 Å². The molecule has 2 aromatic heterocycles. The van der Waals surface area contributed by atoms with E-state index in [0.29, 0.717) is 35.5 Å². The van der Waals surface area contributed by atoms with E-state index < -0.39 is 20.7 Å². The van der Waals surface area contributed by atoms with Gasteiger partial charge in [0.25, 0.3) is 5.91 Å². The van der Waals surface area contributed by atoms with Gasteiger partial charge in [-0.15, -0.1) is 0 Å². The van der Waals surface area contributed by atoms with Crippen LogP contribution in [-0.2, 0) is 9.53 Å². The van der Waals surface area contributed by atoms with Crippen molar-refractivity contribution in [3.05, 3.63) is 59.2 Å². The molecule has 1 aromatic carbocycles. The van der Waals surface area contributed by atoms with Gasteiger partial charge in [-0.3, -0.25) is 13.9 Å². The monoisotopic (exact) mass is 506 g/mol. The number of amides is 2. The van der Waals surface area contributed by atoms with Crippen molar-refractivity contribution in [1.29, 1.82) is 0 Å². The predicted molar refractivity (Wildman–Crippen MR) is 134 cm³/mol. The molecule has 10 nitrogen and oxygen atoms in total. The molecule has 0 spiro atoms. The molecule has 1 aliphatic heterocycles. The summed E-state index contributed by atoms with van der Waals surface area (Å²) in [5.41, 5.74) is 7.31. The molecule has 1 aliphatic rings. The first-order valence-electron chi connectivity index (χ1n) is 11.1. The van der Waals surface area contributed by atoms with Crippen molar-refractivity contribution >= 4 is 37.5 Å². The maximum absolute atomic E-state index is 14.8. The summed E-state index contributed by atoms with van der Waals surface area (Å²) in [5.74, 6) is 4.55. The average Bonchev–Trinajstić information content (AvgIpc) is 3.44. The van der Waals surface area contributed by atoms with Crippen LogP contribution in [0.2, 0.25) is 6.04 Å². The summed E-state index contributed by atoms with van der Waals surface area (Å²) in [4.78, 5) is 26.5. The Hall–Kier alpha value is -4.08. The van der Waals surface area contributed by atoms with Gasteiger partial charge in [0.15, 0.2) is 0 Å². The second-order valence-electron chi connectivity index (χ2n) is 8.27. The van der Waals surface area contributed by atoms with Gasteiger partial charge in [0.1, 0.15) is 22.9 Å². The zero-order chi connectivity index (χ0) is 26.0. The number of hydrogen-bond acceptors (Lipinski definition) is 7. The number of hydrogen-bond donors (Lipinski definition) is 2. The van der Waals surface area contributed by atoms with Crippen LogP contribution < -0.4 is 11.1 Å². The fourth-order valence-electron chi connectivity index (χ4n) is 4.27. The van der Waals surface area contributed by atoms with E-state index in [1.807, 2.05) is 6.92 Å². The Morgan fingerprint density at radius 2 is 2.19 bits per heavy atom. The number of ether oxygens (including phenoxy) is 1. The molecular weight excluding hydrogens is 481 g/mol. The Morgan fingerprint density at radius 3 is 2.86 bits per heavy atom. The third-order valence-corrected chi connectivity index (χ3v) is 8.56. The van der Waals surface area contributed by atoms with Crippen LogP contribution in [0.1, 0.15) is 27.2 Å². The van der Waals surface area contributed by atoms with E-state index in [0.717, 1.165) is 5.56 Å². The van der Waals surface area contributed by atoms with Crippen LogP contribution in [0.15, 0.2) is 31.0 Å². The lowest BCUT2D eigenvalue weighted by Gasteiger charge is -2.22. The summed E-state index contributed by atoms with van der Waals surface area (Å²) in [5, 5.41) is 16.2. The Morgan fingerprint density at radius 1 is 1.42 bits per heavy atom. The number of halogens is 1. The highest BCUT2D eigenvalue weighted by Gasteiger charge is 2.39.